The average molecular weight is 192 g/mol. The Bertz CT molecular complexity index is 306. The van der Waals surface area contributed by atoms with Crippen LogP contribution in [-0.2, 0) is 9.53 Å². The molecular formula is C11H12O3. The number of benzene rings is 1. The van der Waals surface area contributed by atoms with Crippen molar-refractivity contribution >= 4 is 12.3 Å². The van der Waals surface area contributed by atoms with Gasteiger partial charge >= 0.3 is 5.97 Å². The minimum atomic E-state index is -0.390. The maximum Gasteiger partial charge on any atom is 0.338 e. The Balaban J connectivity index is 2.47. The molecule has 0 saturated carbocycles. The molecule has 0 spiro atoms. The second kappa shape index (κ2) is 5.17. The summed E-state index contributed by atoms with van der Waals surface area (Å²) >= 11 is 0. The van der Waals surface area contributed by atoms with Gasteiger partial charge in [0.25, 0.3) is 0 Å². The van der Waals surface area contributed by atoms with E-state index in [1.807, 2.05) is 6.07 Å². The summed E-state index contributed by atoms with van der Waals surface area (Å²) in [4.78, 5) is 21.6. The maximum absolute atomic E-state index is 11.3. The Labute approximate surface area is 82.7 Å². The molecule has 0 bridgehead atoms. The number of carbonyl (C=O) groups excluding carboxylic acids is 2. The average Bonchev–Trinajstić information content (AvgIpc) is 2.26. The van der Waals surface area contributed by atoms with Crippen molar-refractivity contribution < 1.29 is 14.3 Å². The Morgan fingerprint density at radius 1 is 1.43 bits per heavy atom. The monoisotopic (exact) mass is 192 g/mol. The van der Waals surface area contributed by atoms with Crippen molar-refractivity contribution in [1.29, 1.82) is 0 Å². The first kappa shape index (κ1) is 10.4. The van der Waals surface area contributed by atoms with Gasteiger partial charge < -0.3 is 9.53 Å². The van der Waals surface area contributed by atoms with E-state index < -0.39 is 0 Å². The van der Waals surface area contributed by atoms with Crippen LogP contribution in [0.25, 0.3) is 0 Å². The maximum atomic E-state index is 11.3. The van der Waals surface area contributed by atoms with Crippen LogP contribution in [0.4, 0.5) is 0 Å². The molecule has 0 saturated heterocycles. The van der Waals surface area contributed by atoms with E-state index in [9.17, 15) is 9.59 Å². The molecule has 74 valence electrons. The number of ether oxygens (including phenoxy) is 1. The third-order valence-electron chi connectivity index (χ3n) is 1.72. The molecule has 0 fully saturated rings. The molecule has 0 radical (unpaired) electrons. The summed E-state index contributed by atoms with van der Waals surface area (Å²) in [6.45, 7) is 1.84. The summed E-state index contributed by atoms with van der Waals surface area (Å²) in [5, 5.41) is 0. The fourth-order valence-electron chi connectivity index (χ4n) is 0.904. The van der Waals surface area contributed by atoms with Crippen molar-refractivity contribution in [1.82, 2.24) is 0 Å². The summed E-state index contributed by atoms with van der Waals surface area (Å²) in [6.07, 6.45) is 0.762. The van der Waals surface area contributed by atoms with Crippen molar-refractivity contribution in [2.75, 3.05) is 6.61 Å². The molecule has 0 aliphatic carbocycles. The molecule has 0 aliphatic heterocycles. The standard InChI is InChI=1S/C11H12O3/c1-9(7-12)8-14-11(13)10-5-3-2-4-6-10/h2-7,9H,8H2,1H3/t9-/m0/s1. The highest BCUT2D eigenvalue weighted by molar-refractivity contribution is 5.89. The number of carbonyl (C=O) groups is 2. The van der Waals surface area contributed by atoms with E-state index in [0.29, 0.717) is 5.56 Å². The van der Waals surface area contributed by atoms with E-state index in [0.717, 1.165) is 6.29 Å². The first-order chi connectivity index (χ1) is 6.74. The SMILES string of the molecule is C[C@@H](C=O)COC(=O)c1ccccc1. The van der Waals surface area contributed by atoms with Gasteiger partial charge in [0.2, 0.25) is 0 Å². The van der Waals surface area contributed by atoms with Gasteiger partial charge in [0, 0.05) is 5.92 Å². The van der Waals surface area contributed by atoms with Gasteiger partial charge in [0.15, 0.2) is 0 Å². The van der Waals surface area contributed by atoms with E-state index in [1.165, 1.54) is 0 Å². The predicted molar refractivity (Wildman–Crippen MR) is 52.0 cm³/mol. The molecule has 0 aliphatic rings. The van der Waals surface area contributed by atoms with Gasteiger partial charge in [-0.1, -0.05) is 25.1 Å². The van der Waals surface area contributed by atoms with Crippen LogP contribution in [0.2, 0.25) is 0 Å². The minimum absolute atomic E-state index is 0.136. The molecule has 3 nitrogen and oxygen atoms in total. The number of hydrogen-bond donors (Lipinski definition) is 0. The molecule has 0 heterocycles. The molecule has 0 aromatic heterocycles. The predicted octanol–water partition coefficient (Wildman–Crippen LogP) is 1.68. The summed E-state index contributed by atoms with van der Waals surface area (Å²) in [7, 11) is 0. The van der Waals surface area contributed by atoms with Crippen LogP contribution in [0.1, 0.15) is 17.3 Å². The van der Waals surface area contributed by atoms with Crippen LogP contribution in [-0.4, -0.2) is 18.9 Å². The lowest BCUT2D eigenvalue weighted by Gasteiger charge is -2.05. The van der Waals surface area contributed by atoms with Crippen molar-refractivity contribution in [2.24, 2.45) is 5.92 Å². The van der Waals surface area contributed by atoms with Gasteiger partial charge in [-0.15, -0.1) is 0 Å². The van der Waals surface area contributed by atoms with Gasteiger partial charge in [0.05, 0.1) is 5.56 Å². The molecule has 1 rings (SSSR count). The zero-order valence-electron chi connectivity index (χ0n) is 7.97. The smallest absolute Gasteiger partial charge is 0.338 e. The van der Waals surface area contributed by atoms with Crippen LogP contribution in [0.5, 0.6) is 0 Å². The van der Waals surface area contributed by atoms with Crippen molar-refractivity contribution in [3.8, 4) is 0 Å². The minimum Gasteiger partial charge on any atom is -0.461 e. The van der Waals surface area contributed by atoms with E-state index >= 15 is 0 Å². The number of hydrogen-bond acceptors (Lipinski definition) is 3. The highest BCUT2D eigenvalue weighted by Crippen LogP contribution is 2.02. The largest absolute Gasteiger partial charge is 0.461 e. The topological polar surface area (TPSA) is 43.4 Å². The van der Waals surface area contributed by atoms with Crippen molar-refractivity contribution in [2.45, 2.75) is 6.92 Å². The zero-order valence-corrected chi connectivity index (χ0v) is 7.97. The molecule has 0 N–H and O–H groups in total. The fourth-order valence-corrected chi connectivity index (χ4v) is 0.904. The highest BCUT2D eigenvalue weighted by Gasteiger charge is 2.07. The van der Waals surface area contributed by atoms with Gasteiger partial charge in [-0.05, 0) is 12.1 Å². The second-order valence-corrected chi connectivity index (χ2v) is 3.08. The lowest BCUT2D eigenvalue weighted by molar-refractivity contribution is -0.111. The van der Waals surface area contributed by atoms with E-state index in [1.54, 1.807) is 31.2 Å². The quantitative estimate of drug-likeness (QED) is 0.538. The first-order valence-corrected chi connectivity index (χ1v) is 4.41. The number of esters is 1. The summed E-state index contributed by atoms with van der Waals surface area (Å²) < 4.78 is 4.91. The van der Waals surface area contributed by atoms with Gasteiger partial charge in [-0.2, -0.15) is 0 Å². The Kier molecular flexibility index (Phi) is 3.85. The van der Waals surface area contributed by atoms with Crippen LogP contribution in [0.15, 0.2) is 30.3 Å². The first-order valence-electron chi connectivity index (χ1n) is 4.41. The molecule has 1 atom stereocenters. The Morgan fingerprint density at radius 3 is 2.64 bits per heavy atom. The third kappa shape index (κ3) is 3.01. The molecule has 14 heavy (non-hydrogen) atoms. The van der Waals surface area contributed by atoms with Crippen LogP contribution < -0.4 is 0 Å². The molecule has 1 aromatic carbocycles. The molecule has 0 amide bonds. The summed E-state index contributed by atoms with van der Waals surface area (Å²) in [6, 6.07) is 8.70. The van der Waals surface area contributed by atoms with Crippen LogP contribution >= 0.6 is 0 Å². The zero-order chi connectivity index (χ0) is 10.4. The van der Waals surface area contributed by atoms with Crippen LogP contribution in [0, 0.1) is 5.92 Å². The third-order valence-corrected chi connectivity index (χ3v) is 1.72. The molecule has 0 unspecified atom stereocenters. The lowest BCUT2D eigenvalue weighted by Crippen LogP contribution is -2.12. The second-order valence-electron chi connectivity index (χ2n) is 3.08. The molecule has 3 heteroatoms. The van der Waals surface area contributed by atoms with E-state index in [-0.39, 0.29) is 18.5 Å². The van der Waals surface area contributed by atoms with Crippen molar-refractivity contribution in [3.05, 3.63) is 35.9 Å². The van der Waals surface area contributed by atoms with Gasteiger partial charge in [-0.3, -0.25) is 0 Å². The Morgan fingerprint density at radius 2 is 2.07 bits per heavy atom. The van der Waals surface area contributed by atoms with Gasteiger partial charge in [0.1, 0.15) is 12.9 Å². The lowest BCUT2D eigenvalue weighted by atomic mass is 10.2. The van der Waals surface area contributed by atoms with Crippen LogP contribution in [0.3, 0.4) is 0 Å². The molecular weight excluding hydrogens is 180 g/mol. The van der Waals surface area contributed by atoms with Crippen molar-refractivity contribution in [3.63, 3.8) is 0 Å². The fraction of sp³-hybridized carbons (Fsp3) is 0.273. The molecule has 1 aromatic rings. The summed E-state index contributed by atoms with van der Waals surface area (Å²) in [5.74, 6) is -0.637. The normalized spacial score (nSPS) is 11.8. The van der Waals surface area contributed by atoms with E-state index in [4.69, 9.17) is 4.74 Å². The number of rotatable bonds is 4. The van der Waals surface area contributed by atoms with Gasteiger partial charge in [-0.25, -0.2) is 4.79 Å². The highest BCUT2D eigenvalue weighted by atomic mass is 16.5. The van der Waals surface area contributed by atoms with E-state index in [2.05, 4.69) is 0 Å². The Hall–Kier alpha value is -1.64. The number of aldehydes is 1. The summed E-state index contributed by atoms with van der Waals surface area (Å²) in [5.41, 5.74) is 0.505.